The Morgan fingerprint density at radius 3 is 2.70 bits per heavy atom. The summed E-state index contributed by atoms with van der Waals surface area (Å²) in [4.78, 5) is 40.6. The number of benzene rings is 3. The van der Waals surface area contributed by atoms with E-state index in [-0.39, 0.29) is 17.0 Å². The van der Waals surface area contributed by atoms with Crippen LogP contribution in [-0.2, 0) is 11.2 Å². The van der Waals surface area contributed by atoms with Crippen LogP contribution in [0.4, 0.5) is 5.69 Å². The molecule has 0 atom stereocenters. The van der Waals surface area contributed by atoms with Crippen LogP contribution >= 0.6 is 31.9 Å². The van der Waals surface area contributed by atoms with Gasteiger partial charge in [0.25, 0.3) is 11.2 Å². The summed E-state index contributed by atoms with van der Waals surface area (Å²) in [5.41, 5.74) is 1.07. The molecule has 186 valence electrons. The van der Waals surface area contributed by atoms with Crippen molar-refractivity contribution >= 4 is 66.7 Å². The fraction of sp³-hybridized carbons (Fsp3) is 0.0769. The maximum atomic E-state index is 13.1. The van der Waals surface area contributed by atoms with Crippen LogP contribution in [-0.4, -0.2) is 26.8 Å². The molecule has 0 fully saturated rings. The minimum absolute atomic E-state index is 0.0884. The summed E-state index contributed by atoms with van der Waals surface area (Å²) in [7, 11) is 0. The Labute approximate surface area is 227 Å². The lowest BCUT2D eigenvalue weighted by atomic mass is 10.2. The lowest BCUT2D eigenvalue weighted by Gasteiger charge is -2.10. The number of carbonyl (C=O) groups is 1. The van der Waals surface area contributed by atoms with Gasteiger partial charge < -0.3 is 4.74 Å². The van der Waals surface area contributed by atoms with Crippen LogP contribution in [0.25, 0.3) is 17.0 Å². The van der Waals surface area contributed by atoms with Gasteiger partial charge >= 0.3 is 5.97 Å². The monoisotopic (exact) mass is 624 g/mol. The molecule has 0 spiro atoms. The lowest BCUT2D eigenvalue weighted by Crippen LogP contribution is -2.22. The standard InChI is InChI=1S/C26H18Br2N4O5/c1-2-23-30-22-9-4-3-8-20(22)26(34)31(23)29-15-17-13-18(27)14-21(28)25(17)37-24(33)11-10-16-6-5-7-19(12-16)32(35)36/h3-15H,2H2,1H3/b11-10+,29-15?. The maximum absolute atomic E-state index is 13.1. The topological polar surface area (TPSA) is 117 Å². The predicted octanol–water partition coefficient (Wildman–Crippen LogP) is 5.89. The number of para-hydroxylation sites is 1. The minimum atomic E-state index is -0.706. The molecule has 1 aromatic heterocycles. The molecule has 0 unspecified atom stereocenters. The number of esters is 1. The van der Waals surface area contributed by atoms with Gasteiger partial charge in [-0.1, -0.05) is 47.1 Å². The van der Waals surface area contributed by atoms with Crippen molar-refractivity contribution < 1.29 is 14.5 Å². The van der Waals surface area contributed by atoms with Gasteiger partial charge in [-0.05, 0) is 51.8 Å². The van der Waals surface area contributed by atoms with E-state index >= 15 is 0 Å². The van der Waals surface area contributed by atoms with E-state index in [1.807, 2.05) is 13.0 Å². The van der Waals surface area contributed by atoms with Gasteiger partial charge in [-0.25, -0.2) is 9.78 Å². The number of nitro benzene ring substituents is 1. The van der Waals surface area contributed by atoms with Crippen LogP contribution in [0.1, 0.15) is 23.9 Å². The molecule has 4 rings (SSSR count). The zero-order valence-corrected chi connectivity index (χ0v) is 22.5. The Morgan fingerprint density at radius 1 is 1.16 bits per heavy atom. The van der Waals surface area contributed by atoms with Crippen molar-refractivity contribution in [1.29, 1.82) is 0 Å². The average molecular weight is 626 g/mol. The fourth-order valence-electron chi connectivity index (χ4n) is 3.46. The molecule has 0 radical (unpaired) electrons. The minimum Gasteiger partial charge on any atom is -0.421 e. The number of carbonyl (C=O) groups excluding carboxylic acids is 1. The van der Waals surface area contributed by atoms with Crippen LogP contribution < -0.4 is 10.3 Å². The summed E-state index contributed by atoms with van der Waals surface area (Å²) in [5.74, 6) is -0.0455. The van der Waals surface area contributed by atoms with Gasteiger partial charge in [0.2, 0.25) is 0 Å². The van der Waals surface area contributed by atoms with Crippen LogP contribution in [0.3, 0.4) is 0 Å². The smallest absolute Gasteiger partial charge is 0.336 e. The van der Waals surface area contributed by atoms with Crippen molar-refractivity contribution in [3.63, 3.8) is 0 Å². The highest BCUT2D eigenvalue weighted by atomic mass is 79.9. The Kier molecular flexibility index (Phi) is 8.04. The SMILES string of the molecule is CCc1nc2ccccc2c(=O)n1N=Cc1cc(Br)cc(Br)c1OC(=O)/C=C/c1cccc([N+](=O)[O-])c1. The second-order valence-corrected chi connectivity index (χ2v) is 9.44. The van der Waals surface area contributed by atoms with E-state index in [2.05, 4.69) is 41.9 Å². The number of non-ortho nitro benzene ring substituents is 1. The maximum Gasteiger partial charge on any atom is 0.336 e. The van der Waals surface area contributed by atoms with E-state index in [1.165, 1.54) is 41.2 Å². The quantitative estimate of drug-likeness (QED) is 0.0631. The predicted molar refractivity (Wildman–Crippen MR) is 148 cm³/mol. The molecule has 1 heterocycles. The van der Waals surface area contributed by atoms with Gasteiger partial charge in [0.1, 0.15) is 5.82 Å². The number of ether oxygens (including phenoxy) is 1. The van der Waals surface area contributed by atoms with Crippen molar-refractivity contribution in [2.45, 2.75) is 13.3 Å². The van der Waals surface area contributed by atoms with Crippen LogP contribution in [0.15, 0.2) is 85.6 Å². The fourth-order valence-corrected chi connectivity index (χ4v) is 4.80. The molecular formula is C26H18Br2N4O5. The van der Waals surface area contributed by atoms with Crippen LogP contribution in [0.5, 0.6) is 5.75 Å². The van der Waals surface area contributed by atoms with E-state index < -0.39 is 10.9 Å². The Morgan fingerprint density at radius 2 is 1.95 bits per heavy atom. The second-order valence-electron chi connectivity index (χ2n) is 7.67. The van der Waals surface area contributed by atoms with E-state index in [0.717, 1.165) is 0 Å². The molecular weight excluding hydrogens is 608 g/mol. The Hall–Kier alpha value is -3.96. The molecule has 11 heteroatoms. The summed E-state index contributed by atoms with van der Waals surface area (Å²) < 4.78 is 7.94. The van der Waals surface area contributed by atoms with Crippen LogP contribution in [0, 0.1) is 10.1 Å². The number of fused-ring (bicyclic) bond motifs is 1. The summed E-state index contributed by atoms with van der Waals surface area (Å²) in [6.07, 6.45) is 4.48. The van der Waals surface area contributed by atoms with Crippen molar-refractivity contribution in [3.8, 4) is 5.75 Å². The second kappa shape index (κ2) is 11.4. The van der Waals surface area contributed by atoms with Crippen molar-refractivity contribution in [2.75, 3.05) is 0 Å². The largest absolute Gasteiger partial charge is 0.421 e. The summed E-state index contributed by atoms with van der Waals surface area (Å²) in [5, 5.41) is 15.8. The number of nitro groups is 1. The molecule has 4 aromatic rings. The van der Waals surface area contributed by atoms with E-state index in [9.17, 15) is 19.7 Å². The molecule has 3 aromatic carbocycles. The molecule has 0 saturated heterocycles. The molecule has 0 amide bonds. The van der Waals surface area contributed by atoms with Gasteiger partial charge in [-0.3, -0.25) is 14.9 Å². The van der Waals surface area contributed by atoms with Gasteiger partial charge in [0, 0.05) is 34.7 Å². The number of aryl methyl sites for hydroxylation is 1. The van der Waals surface area contributed by atoms with E-state index in [4.69, 9.17) is 4.74 Å². The first-order valence-electron chi connectivity index (χ1n) is 10.9. The molecule has 0 saturated carbocycles. The number of rotatable bonds is 7. The first-order valence-corrected chi connectivity index (χ1v) is 12.5. The molecule has 0 N–H and O–H groups in total. The summed E-state index contributed by atoms with van der Waals surface area (Å²) >= 11 is 6.81. The van der Waals surface area contributed by atoms with E-state index in [0.29, 0.717) is 43.2 Å². The van der Waals surface area contributed by atoms with E-state index in [1.54, 1.807) is 36.4 Å². The van der Waals surface area contributed by atoms with Crippen molar-refractivity contribution in [1.82, 2.24) is 9.66 Å². The Balaban J connectivity index is 1.66. The van der Waals surface area contributed by atoms with Crippen molar-refractivity contribution in [2.24, 2.45) is 5.10 Å². The van der Waals surface area contributed by atoms with Gasteiger partial charge in [0.15, 0.2) is 5.75 Å². The van der Waals surface area contributed by atoms with Crippen LogP contribution in [0.2, 0.25) is 0 Å². The molecule has 0 aliphatic heterocycles. The third kappa shape index (κ3) is 6.07. The molecule has 0 aliphatic rings. The third-order valence-electron chi connectivity index (χ3n) is 5.18. The average Bonchev–Trinajstić information content (AvgIpc) is 2.88. The highest BCUT2D eigenvalue weighted by Gasteiger charge is 2.14. The number of hydrogen-bond acceptors (Lipinski definition) is 7. The first-order chi connectivity index (χ1) is 17.8. The first kappa shape index (κ1) is 26.1. The lowest BCUT2D eigenvalue weighted by molar-refractivity contribution is -0.384. The number of nitrogens with zero attached hydrogens (tertiary/aromatic N) is 4. The van der Waals surface area contributed by atoms with Gasteiger partial charge in [-0.2, -0.15) is 9.78 Å². The normalized spacial score (nSPS) is 11.4. The third-order valence-corrected chi connectivity index (χ3v) is 6.23. The molecule has 0 aliphatic carbocycles. The zero-order chi connectivity index (χ0) is 26.5. The number of hydrogen-bond donors (Lipinski definition) is 0. The molecule has 0 bridgehead atoms. The summed E-state index contributed by atoms with van der Waals surface area (Å²) in [6.45, 7) is 1.87. The van der Waals surface area contributed by atoms with Crippen molar-refractivity contribution in [3.05, 3.63) is 113 Å². The highest BCUT2D eigenvalue weighted by molar-refractivity contribution is 9.11. The number of halogens is 2. The molecule has 9 nitrogen and oxygen atoms in total. The number of aromatic nitrogens is 2. The molecule has 37 heavy (non-hydrogen) atoms. The Bertz CT molecular complexity index is 1650. The zero-order valence-electron chi connectivity index (χ0n) is 19.3. The van der Waals surface area contributed by atoms with Gasteiger partial charge in [0.05, 0.1) is 26.5 Å². The summed E-state index contributed by atoms with van der Waals surface area (Å²) in [6, 6.07) is 16.3. The van der Waals surface area contributed by atoms with Gasteiger partial charge in [-0.15, -0.1) is 0 Å². The highest BCUT2D eigenvalue weighted by Crippen LogP contribution is 2.32.